The minimum Gasteiger partial charge on any atom is -0.497 e. The summed E-state index contributed by atoms with van der Waals surface area (Å²) in [5, 5.41) is 8.32. The molecule has 0 unspecified atom stereocenters. The van der Waals surface area contributed by atoms with E-state index in [2.05, 4.69) is 0 Å². The molecule has 0 aliphatic heterocycles. The molecule has 0 aliphatic rings. The van der Waals surface area contributed by atoms with Crippen molar-refractivity contribution in [2.75, 3.05) is 14.2 Å². The van der Waals surface area contributed by atoms with Crippen LogP contribution in [0.15, 0.2) is 24.3 Å². The summed E-state index contributed by atoms with van der Waals surface area (Å²) in [5.41, 5.74) is 2.22. The molecule has 2 N–H and O–H groups in total. The lowest BCUT2D eigenvalue weighted by atomic mass is 10.1. The number of nitrogens with one attached hydrogen (secondary N) is 1. The quantitative estimate of drug-likeness (QED) is 0.457. The number of ether oxygens (including phenoxy) is 2. The Labute approximate surface area is 93.3 Å². The van der Waals surface area contributed by atoms with Crippen LogP contribution in [0.25, 0.3) is 6.08 Å². The lowest BCUT2D eigenvalue weighted by molar-refractivity contribution is -0.124. The van der Waals surface area contributed by atoms with Gasteiger partial charge in [0, 0.05) is 17.7 Å². The predicted octanol–water partition coefficient (Wildman–Crippen LogP) is 1.22. The van der Waals surface area contributed by atoms with Crippen molar-refractivity contribution < 1.29 is 19.5 Å². The van der Waals surface area contributed by atoms with Crippen LogP contribution >= 0.6 is 0 Å². The molecular formula is C11H13NO4. The maximum Gasteiger partial charge on any atom is 0.267 e. The zero-order chi connectivity index (χ0) is 12.0. The summed E-state index contributed by atoms with van der Waals surface area (Å²) in [6.07, 6.45) is 2.73. The smallest absolute Gasteiger partial charge is 0.267 e. The van der Waals surface area contributed by atoms with Gasteiger partial charge < -0.3 is 9.47 Å². The number of hydrogen-bond acceptors (Lipinski definition) is 4. The zero-order valence-corrected chi connectivity index (χ0v) is 9.06. The van der Waals surface area contributed by atoms with Gasteiger partial charge in [0.15, 0.2) is 0 Å². The van der Waals surface area contributed by atoms with Crippen molar-refractivity contribution in [1.82, 2.24) is 5.48 Å². The van der Waals surface area contributed by atoms with E-state index in [-0.39, 0.29) is 0 Å². The van der Waals surface area contributed by atoms with E-state index in [9.17, 15) is 4.79 Å². The molecule has 0 fully saturated rings. The Kier molecular flexibility index (Phi) is 4.35. The van der Waals surface area contributed by atoms with Gasteiger partial charge in [-0.15, -0.1) is 0 Å². The van der Waals surface area contributed by atoms with Crippen molar-refractivity contribution >= 4 is 12.0 Å². The molecule has 1 aromatic rings. The van der Waals surface area contributed by atoms with E-state index in [4.69, 9.17) is 14.7 Å². The number of carbonyl (C=O) groups excluding carboxylic acids is 1. The summed E-state index contributed by atoms with van der Waals surface area (Å²) < 4.78 is 10.2. The van der Waals surface area contributed by atoms with Crippen LogP contribution in [0.5, 0.6) is 11.5 Å². The fourth-order valence-corrected chi connectivity index (χ4v) is 1.16. The minimum atomic E-state index is -0.599. The van der Waals surface area contributed by atoms with Gasteiger partial charge in [0.2, 0.25) is 0 Å². The van der Waals surface area contributed by atoms with Crippen LogP contribution in [0.1, 0.15) is 5.56 Å². The molecule has 86 valence electrons. The molecule has 0 saturated carbocycles. The highest BCUT2D eigenvalue weighted by atomic mass is 16.5. The molecule has 1 aromatic carbocycles. The van der Waals surface area contributed by atoms with E-state index >= 15 is 0 Å². The molecule has 0 spiro atoms. The van der Waals surface area contributed by atoms with Crippen molar-refractivity contribution in [2.45, 2.75) is 0 Å². The Hall–Kier alpha value is -2.01. The summed E-state index contributed by atoms with van der Waals surface area (Å²) in [7, 11) is 3.09. The minimum absolute atomic E-state index is 0.585. The zero-order valence-electron chi connectivity index (χ0n) is 9.06. The average molecular weight is 223 g/mol. The van der Waals surface area contributed by atoms with E-state index in [0.717, 1.165) is 0 Å². The Bertz CT molecular complexity index is 401. The number of hydroxylamine groups is 1. The molecule has 0 atom stereocenters. The summed E-state index contributed by atoms with van der Waals surface area (Å²) in [6, 6.07) is 5.20. The molecular weight excluding hydrogens is 210 g/mol. The number of amides is 1. The molecule has 0 heterocycles. The fraction of sp³-hybridized carbons (Fsp3) is 0.182. The summed E-state index contributed by atoms with van der Waals surface area (Å²) in [5.74, 6) is 0.653. The van der Waals surface area contributed by atoms with Crippen LogP contribution in [0.4, 0.5) is 0 Å². The molecule has 0 saturated heterocycles. The first-order valence-corrected chi connectivity index (χ1v) is 4.55. The van der Waals surface area contributed by atoms with Crippen molar-refractivity contribution in [3.63, 3.8) is 0 Å². The van der Waals surface area contributed by atoms with Crippen LogP contribution in [-0.4, -0.2) is 25.3 Å². The van der Waals surface area contributed by atoms with Gasteiger partial charge >= 0.3 is 0 Å². The SMILES string of the molecule is COc1ccc(/C=C/C(=O)NO)c(OC)c1. The molecule has 1 amide bonds. The topological polar surface area (TPSA) is 67.8 Å². The third-order valence-corrected chi connectivity index (χ3v) is 1.97. The van der Waals surface area contributed by atoms with E-state index in [1.165, 1.54) is 24.7 Å². The normalized spacial score (nSPS) is 10.2. The molecule has 5 nitrogen and oxygen atoms in total. The van der Waals surface area contributed by atoms with Crippen LogP contribution in [0, 0.1) is 0 Å². The fourth-order valence-electron chi connectivity index (χ4n) is 1.16. The first kappa shape index (κ1) is 12.1. The number of benzene rings is 1. The average Bonchev–Trinajstić information content (AvgIpc) is 2.35. The lowest BCUT2D eigenvalue weighted by Gasteiger charge is -2.06. The molecule has 0 aromatic heterocycles. The van der Waals surface area contributed by atoms with E-state index in [0.29, 0.717) is 17.1 Å². The largest absolute Gasteiger partial charge is 0.497 e. The number of hydrogen-bond donors (Lipinski definition) is 2. The number of methoxy groups -OCH3 is 2. The lowest BCUT2D eigenvalue weighted by Crippen LogP contribution is -2.14. The van der Waals surface area contributed by atoms with Crippen LogP contribution in [0.3, 0.4) is 0 Å². The molecule has 0 bridgehead atoms. The second kappa shape index (κ2) is 5.77. The van der Waals surface area contributed by atoms with Gasteiger partial charge in [-0.3, -0.25) is 10.0 Å². The standard InChI is InChI=1S/C11H13NO4/c1-15-9-5-3-8(10(7-9)16-2)4-6-11(13)12-14/h3-7,14H,1-2H3,(H,12,13)/b6-4+. The Morgan fingerprint density at radius 3 is 2.69 bits per heavy atom. The van der Waals surface area contributed by atoms with Crippen molar-refractivity contribution in [3.8, 4) is 11.5 Å². The van der Waals surface area contributed by atoms with Gasteiger partial charge in [-0.2, -0.15) is 0 Å². The summed E-state index contributed by atoms with van der Waals surface area (Å²) >= 11 is 0. The number of rotatable bonds is 4. The molecule has 0 radical (unpaired) electrons. The highest BCUT2D eigenvalue weighted by Gasteiger charge is 2.02. The Morgan fingerprint density at radius 1 is 1.38 bits per heavy atom. The first-order chi connectivity index (χ1) is 7.71. The summed E-state index contributed by atoms with van der Waals surface area (Å²) in [4.78, 5) is 10.8. The van der Waals surface area contributed by atoms with Gasteiger partial charge in [-0.05, 0) is 18.2 Å². The van der Waals surface area contributed by atoms with Crippen molar-refractivity contribution in [1.29, 1.82) is 0 Å². The molecule has 16 heavy (non-hydrogen) atoms. The van der Waals surface area contributed by atoms with Crippen LogP contribution in [-0.2, 0) is 4.79 Å². The van der Waals surface area contributed by atoms with E-state index in [1.54, 1.807) is 25.3 Å². The molecule has 1 rings (SSSR count). The van der Waals surface area contributed by atoms with E-state index < -0.39 is 5.91 Å². The maximum absolute atomic E-state index is 10.8. The monoisotopic (exact) mass is 223 g/mol. The van der Waals surface area contributed by atoms with Gasteiger partial charge in [0.25, 0.3) is 5.91 Å². The van der Waals surface area contributed by atoms with Gasteiger partial charge in [0.1, 0.15) is 11.5 Å². The van der Waals surface area contributed by atoms with E-state index in [1.807, 2.05) is 0 Å². The highest BCUT2D eigenvalue weighted by Crippen LogP contribution is 2.25. The van der Waals surface area contributed by atoms with Crippen molar-refractivity contribution in [3.05, 3.63) is 29.8 Å². The maximum atomic E-state index is 10.8. The van der Waals surface area contributed by atoms with Crippen LogP contribution < -0.4 is 15.0 Å². The summed E-state index contributed by atoms with van der Waals surface area (Å²) in [6.45, 7) is 0. The predicted molar refractivity (Wildman–Crippen MR) is 58.5 cm³/mol. The van der Waals surface area contributed by atoms with Gasteiger partial charge in [-0.1, -0.05) is 0 Å². The first-order valence-electron chi connectivity index (χ1n) is 4.55. The van der Waals surface area contributed by atoms with Crippen molar-refractivity contribution in [2.24, 2.45) is 0 Å². The second-order valence-electron chi connectivity index (χ2n) is 2.92. The second-order valence-corrected chi connectivity index (χ2v) is 2.92. The number of carbonyl (C=O) groups is 1. The van der Waals surface area contributed by atoms with Crippen LogP contribution in [0.2, 0.25) is 0 Å². The Balaban J connectivity index is 2.95. The van der Waals surface area contributed by atoms with Gasteiger partial charge in [-0.25, -0.2) is 5.48 Å². The molecule has 0 aliphatic carbocycles. The Morgan fingerprint density at radius 2 is 2.12 bits per heavy atom. The third-order valence-electron chi connectivity index (χ3n) is 1.97. The third kappa shape index (κ3) is 2.99. The van der Waals surface area contributed by atoms with Gasteiger partial charge in [0.05, 0.1) is 14.2 Å². The molecule has 5 heteroatoms. The highest BCUT2D eigenvalue weighted by molar-refractivity contribution is 5.91.